The molecule has 1 aliphatic heterocycles. The zero-order chi connectivity index (χ0) is 18.2. The van der Waals surface area contributed by atoms with Crippen molar-refractivity contribution in [3.63, 3.8) is 0 Å². The number of H-pyrrole nitrogens is 1. The third kappa shape index (κ3) is 2.50. The molecular formula is C21H23N5O. The molecule has 0 radical (unpaired) electrons. The molecule has 6 nitrogen and oxygen atoms in total. The highest BCUT2D eigenvalue weighted by Crippen LogP contribution is 2.52. The Hall–Kier alpha value is -2.63. The molecular weight excluding hydrogens is 338 g/mol. The molecule has 2 aromatic heterocycles. The van der Waals surface area contributed by atoms with Crippen LogP contribution in [0.15, 0.2) is 30.6 Å². The van der Waals surface area contributed by atoms with Crippen LogP contribution in [0.25, 0.3) is 22.3 Å². The Labute approximate surface area is 158 Å². The second-order valence-corrected chi connectivity index (χ2v) is 8.68. The van der Waals surface area contributed by atoms with Crippen LogP contribution >= 0.6 is 0 Å². The lowest BCUT2D eigenvalue weighted by molar-refractivity contribution is 0.200. The minimum absolute atomic E-state index is 0.00734. The highest BCUT2D eigenvalue weighted by Gasteiger charge is 2.52. The predicted molar refractivity (Wildman–Crippen MR) is 104 cm³/mol. The molecule has 2 saturated carbocycles. The van der Waals surface area contributed by atoms with Crippen molar-refractivity contribution in [1.29, 1.82) is 0 Å². The van der Waals surface area contributed by atoms with E-state index in [1.807, 2.05) is 12.1 Å². The summed E-state index contributed by atoms with van der Waals surface area (Å²) in [6.45, 7) is 6.74. The van der Waals surface area contributed by atoms with E-state index in [1.165, 1.54) is 0 Å². The van der Waals surface area contributed by atoms with E-state index >= 15 is 0 Å². The molecule has 3 fully saturated rings. The van der Waals surface area contributed by atoms with Gasteiger partial charge in [-0.25, -0.2) is 9.97 Å². The van der Waals surface area contributed by atoms with Crippen molar-refractivity contribution < 1.29 is 4.74 Å². The summed E-state index contributed by atoms with van der Waals surface area (Å²) in [7, 11) is 0. The summed E-state index contributed by atoms with van der Waals surface area (Å²) in [6.07, 6.45) is 3.90. The molecule has 3 heterocycles. The molecule has 3 aliphatic rings. The molecule has 1 aromatic carbocycles. The van der Waals surface area contributed by atoms with Gasteiger partial charge in [0.25, 0.3) is 0 Å². The molecule has 6 rings (SSSR count). The van der Waals surface area contributed by atoms with Crippen LogP contribution in [0.1, 0.15) is 26.7 Å². The van der Waals surface area contributed by atoms with Gasteiger partial charge in [-0.15, -0.1) is 0 Å². The molecule has 0 spiro atoms. The fourth-order valence-corrected chi connectivity index (χ4v) is 4.48. The van der Waals surface area contributed by atoms with E-state index in [0.29, 0.717) is 0 Å². The van der Waals surface area contributed by atoms with Crippen LogP contribution < -0.4 is 9.64 Å². The smallest absolute Gasteiger partial charge is 0.132 e. The third-order valence-electron chi connectivity index (χ3n) is 6.70. The Morgan fingerprint density at radius 2 is 1.96 bits per heavy atom. The van der Waals surface area contributed by atoms with Crippen molar-refractivity contribution in [3.05, 3.63) is 30.6 Å². The van der Waals surface area contributed by atoms with Crippen molar-refractivity contribution in [2.45, 2.75) is 32.3 Å². The van der Waals surface area contributed by atoms with Crippen molar-refractivity contribution in [3.8, 4) is 17.1 Å². The minimum atomic E-state index is 0.00734. The number of anilines is 1. The predicted octanol–water partition coefficient (Wildman–Crippen LogP) is 3.65. The minimum Gasteiger partial charge on any atom is -0.488 e. The summed E-state index contributed by atoms with van der Waals surface area (Å²) in [5, 5.41) is 8.65. The average Bonchev–Trinajstić information content (AvgIpc) is 3.36. The van der Waals surface area contributed by atoms with Crippen LogP contribution in [0.4, 0.5) is 5.82 Å². The monoisotopic (exact) mass is 361 g/mol. The first-order valence-corrected chi connectivity index (χ1v) is 9.84. The van der Waals surface area contributed by atoms with Gasteiger partial charge in [0.1, 0.15) is 23.5 Å². The van der Waals surface area contributed by atoms with Gasteiger partial charge in [0.2, 0.25) is 0 Å². The van der Waals surface area contributed by atoms with Crippen LogP contribution in [-0.2, 0) is 0 Å². The molecule has 3 aromatic rings. The van der Waals surface area contributed by atoms with Gasteiger partial charge in [-0.2, -0.15) is 5.10 Å². The fraction of sp³-hybridized carbons (Fsp3) is 0.476. The maximum Gasteiger partial charge on any atom is 0.132 e. The van der Waals surface area contributed by atoms with Gasteiger partial charge >= 0.3 is 0 Å². The zero-order valence-electron chi connectivity index (χ0n) is 15.6. The second-order valence-electron chi connectivity index (χ2n) is 8.68. The zero-order valence-corrected chi connectivity index (χ0v) is 15.6. The number of fused-ring (bicyclic) bond motifs is 2. The number of hydrogen-bond acceptors (Lipinski definition) is 5. The fourth-order valence-electron chi connectivity index (χ4n) is 4.48. The van der Waals surface area contributed by atoms with Gasteiger partial charge in [0, 0.05) is 24.5 Å². The summed E-state index contributed by atoms with van der Waals surface area (Å²) in [5.74, 6) is 4.48. The second kappa shape index (κ2) is 5.21. The Morgan fingerprint density at radius 3 is 2.74 bits per heavy atom. The lowest BCUT2D eigenvalue weighted by Crippen LogP contribution is -2.24. The summed E-state index contributed by atoms with van der Waals surface area (Å²) in [5.41, 5.74) is 2.74. The van der Waals surface area contributed by atoms with Gasteiger partial charge in [-0.3, -0.25) is 5.10 Å². The lowest BCUT2D eigenvalue weighted by atomic mass is 10.1. The average molecular weight is 361 g/mol. The third-order valence-corrected chi connectivity index (χ3v) is 6.70. The Balaban J connectivity index is 1.34. The Kier molecular flexibility index (Phi) is 2.98. The highest BCUT2D eigenvalue weighted by atomic mass is 16.5. The summed E-state index contributed by atoms with van der Waals surface area (Å²) >= 11 is 0. The SMILES string of the molecule is C[C@H]1[C@H]2CN(c3cc(-c4[nH]nc5ccc(OC6(C)CC6)cc45)ncn3)C[C@@H]12. The first-order chi connectivity index (χ1) is 13.1. The molecule has 6 heteroatoms. The van der Waals surface area contributed by atoms with Crippen molar-refractivity contribution in [2.75, 3.05) is 18.0 Å². The first-order valence-electron chi connectivity index (χ1n) is 9.84. The molecule has 0 unspecified atom stereocenters. The molecule has 1 saturated heterocycles. The normalized spacial score (nSPS) is 27.6. The Morgan fingerprint density at radius 1 is 1.15 bits per heavy atom. The quantitative estimate of drug-likeness (QED) is 0.768. The van der Waals surface area contributed by atoms with Gasteiger partial charge in [0.05, 0.1) is 16.9 Å². The molecule has 0 amide bonds. The highest BCUT2D eigenvalue weighted by molar-refractivity contribution is 5.93. The standard InChI is InChI=1S/C21H23N5O/c1-12-15-9-26(10-16(12)15)19-8-18(22-11-23-19)20-14-7-13(27-21(2)5-6-21)3-4-17(14)24-25-20/h3-4,7-8,11-12,15-16H,5-6,9-10H2,1-2H3,(H,24,25)/t12-,15+,16-. The Bertz CT molecular complexity index is 1030. The van der Waals surface area contributed by atoms with E-state index in [4.69, 9.17) is 4.74 Å². The summed E-state index contributed by atoms with van der Waals surface area (Å²) in [6, 6.07) is 8.16. The number of nitrogens with zero attached hydrogens (tertiary/aromatic N) is 4. The lowest BCUT2D eigenvalue weighted by Gasteiger charge is -2.20. The molecule has 27 heavy (non-hydrogen) atoms. The van der Waals surface area contributed by atoms with E-state index in [2.05, 4.69) is 51.0 Å². The van der Waals surface area contributed by atoms with Crippen LogP contribution in [0.5, 0.6) is 5.75 Å². The number of hydrogen-bond donors (Lipinski definition) is 1. The van der Waals surface area contributed by atoms with E-state index in [0.717, 1.165) is 77.5 Å². The number of piperidine rings is 1. The number of aromatic amines is 1. The maximum atomic E-state index is 6.13. The van der Waals surface area contributed by atoms with Crippen LogP contribution in [0.2, 0.25) is 0 Å². The molecule has 2 aliphatic carbocycles. The van der Waals surface area contributed by atoms with Crippen LogP contribution in [0, 0.1) is 17.8 Å². The first kappa shape index (κ1) is 15.4. The van der Waals surface area contributed by atoms with Gasteiger partial charge in [-0.1, -0.05) is 6.92 Å². The van der Waals surface area contributed by atoms with Crippen LogP contribution in [0.3, 0.4) is 0 Å². The van der Waals surface area contributed by atoms with Crippen molar-refractivity contribution in [2.24, 2.45) is 17.8 Å². The molecule has 1 N–H and O–H groups in total. The number of aromatic nitrogens is 4. The molecule has 0 bridgehead atoms. The van der Waals surface area contributed by atoms with Gasteiger partial charge in [-0.05, 0) is 55.7 Å². The largest absolute Gasteiger partial charge is 0.488 e. The number of rotatable bonds is 4. The number of ether oxygens (including phenoxy) is 1. The van der Waals surface area contributed by atoms with E-state index in [1.54, 1.807) is 6.33 Å². The maximum absolute atomic E-state index is 6.13. The van der Waals surface area contributed by atoms with Gasteiger partial charge in [0.15, 0.2) is 0 Å². The van der Waals surface area contributed by atoms with E-state index < -0.39 is 0 Å². The summed E-state index contributed by atoms with van der Waals surface area (Å²) < 4.78 is 6.13. The van der Waals surface area contributed by atoms with E-state index in [9.17, 15) is 0 Å². The molecule has 138 valence electrons. The van der Waals surface area contributed by atoms with Gasteiger partial charge < -0.3 is 9.64 Å². The summed E-state index contributed by atoms with van der Waals surface area (Å²) in [4.78, 5) is 11.4. The van der Waals surface area contributed by atoms with Crippen molar-refractivity contribution in [1.82, 2.24) is 20.2 Å². The van der Waals surface area contributed by atoms with Crippen molar-refractivity contribution >= 4 is 16.7 Å². The van der Waals surface area contributed by atoms with E-state index in [-0.39, 0.29) is 5.60 Å². The topological polar surface area (TPSA) is 66.9 Å². The molecule has 3 atom stereocenters. The number of benzene rings is 1. The number of nitrogens with one attached hydrogen (secondary N) is 1. The van der Waals surface area contributed by atoms with Crippen LogP contribution in [-0.4, -0.2) is 38.9 Å².